The van der Waals surface area contributed by atoms with Crippen molar-refractivity contribution >= 4 is 17.4 Å². The number of Topliss-reactive ketones (excluding diaryl/α,β-unsaturated/α-hetero) is 1. The number of ether oxygens (including phenoxy) is 3. The Morgan fingerprint density at radius 1 is 0.889 bits per heavy atom. The summed E-state index contributed by atoms with van der Waals surface area (Å²) in [6.07, 6.45) is 3.33. The first-order chi connectivity index (χ1) is 8.81. The Labute approximate surface area is 115 Å². The van der Waals surface area contributed by atoms with E-state index in [9.17, 15) is 4.79 Å². The van der Waals surface area contributed by atoms with Gasteiger partial charge in [0.05, 0.1) is 32.3 Å². The number of carbonyl (C=O) groups is 1. The molecule has 0 aromatic heterocycles. The molecule has 0 N–H and O–H groups in total. The zero-order valence-electron chi connectivity index (χ0n) is 11.3. The average Bonchev–Trinajstić information content (AvgIpc) is 2.39. The van der Waals surface area contributed by atoms with Gasteiger partial charge in [0.2, 0.25) is 0 Å². The highest BCUT2D eigenvalue weighted by atomic mass is 35.5. The Morgan fingerprint density at radius 2 is 1.44 bits per heavy atom. The molecule has 0 aliphatic heterocycles. The maximum Gasteiger partial charge on any atom is 0.147 e. The van der Waals surface area contributed by atoms with Crippen molar-refractivity contribution in [2.75, 3.05) is 45.5 Å². The van der Waals surface area contributed by atoms with Crippen LogP contribution in [0, 0.1) is 0 Å². The summed E-state index contributed by atoms with van der Waals surface area (Å²) < 4.78 is 16.0. The molecule has 0 aliphatic carbocycles. The van der Waals surface area contributed by atoms with Gasteiger partial charge < -0.3 is 14.2 Å². The summed E-state index contributed by atoms with van der Waals surface area (Å²) in [6.45, 7) is 6.00. The van der Waals surface area contributed by atoms with Crippen LogP contribution in [0.1, 0.15) is 32.6 Å². The molecule has 108 valence electrons. The summed E-state index contributed by atoms with van der Waals surface area (Å²) >= 11 is 5.39. The van der Waals surface area contributed by atoms with Crippen molar-refractivity contribution in [2.24, 2.45) is 0 Å². The SMILES string of the molecule is CCCOCCOCCOCCCCC(=O)CCl. The summed E-state index contributed by atoms with van der Waals surface area (Å²) in [5.41, 5.74) is 0. The van der Waals surface area contributed by atoms with Crippen LogP contribution in [0.15, 0.2) is 0 Å². The molecule has 0 spiro atoms. The summed E-state index contributed by atoms with van der Waals surface area (Å²) in [7, 11) is 0. The van der Waals surface area contributed by atoms with E-state index < -0.39 is 0 Å². The minimum absolute atomic E-state index is 0.104. The Morgan fingerprint density at radius 3 is 2.00 bits per heavy atom. The van der Waals surface area contributed by atoms with Gasteiger partial charge in [0.15, 0.2) is 0 Å². The van der Waals surface area contributed by atoms with Gasteiger partial charge in [-0.2, -0.15) is 0 Å². The van der Waals surface area contributed by atoms with E-state index in [1.807, 2.05) is 0 Å². The van der Waals surface area contributed by atoms with Crippen molar-refractivity contribution in [3.05, 3.63) is 0 Å². The fourth-order valence-corrected chi connectivity index (χ4v) is 1.41. The van der Waals surface area contributed by atoms with E-state index in [1.165, 1.54) is 0 Å². The van der Waals surface area contributed by atoms with Crippen LogP contribution in [0.4, 0.5) is 0 Å². The molecule has 0 atom stereocenters. The van der Waals surface area contributed by atoms with Crippen LogP contribution in [-0.2, 0) is 19.0 Å². The molecule has 0 fully saturated rings. The quantitative estimate of drug-likeness (QED) is 0.362. The zero-order valence-corrected chi connectivity index (χ0v) is 12.0. The van der Waals surface area contributed by atoms with Gasteiger partial charge in [-0.3, -0.25) is 4.79 Å². The van der Waals surface area contributed by atoms with E-state index in [-0.39, 0.29) is 11.7 Å². The van der Waals surface area contributed by atoms with Gasteiger partial charge in [0, 0.05) is 19.6 Å². The van der Waals surface area contributed by atoms with Crippen LogP contribution in [0.2, 0.25) is 0 Å². The van der Waals surface area contributed by atoms with Gasteiger partial charge in [-0.25, -0.2) is 0 Å². The van der Waals surface area contributed by atoms with Crippen molar-refractivity contribution in [3.8, 4) is 0 Å². The van der Waals surface area contributed by atoms with Crippen molar-refractivity contribution in [2.45, 2.75) is 32.6 Å². The lowest BCUT2D eigenvalue weighted by Gasteiger charge is -2.06. The molecule has 4 nitrogen and oxygen atoms in total. The number of ketones is 1. The maximum atomic E-state index is 10.9. The van der Waals surface area contributed by atoms with Crippen LogP contribution in [0.3, 0.4) is 0 Å². The molecule has 0 bridgehead atoms. The van der Waals surface area contributed by atoms with Crippen molar-refractivity contribution in [1.82, 2.24) is 0 Å². The molecule has 0 aromatic rings. The summed E-state index contributed by atoms with van der Waals surface area (Å²) in [5, 5.41) is 0. The Bertz CT molecular complexity index is 188. The van der Waals surface area contributed by atoms with Crippen molar-refractivity contribution in [1.29, 1.82) is 0 Å². The lowest BCUT2D eigenvalue weighted by atomic mass is 10.2. The number of rotatable bonds is 14. The highest BCUT2D eigenvalue weighted by Crippen LogP contribution is 1.98. The predicted octanol–water partition coefficient (Wildman–Crippen LogP) is 2.42. The largest absolute Gasteiger partial charge is 0.379 e. The van der Waals surface area contributed by atoms with Crippen molar-refractivity contribution < 1.29 is 19.0 Å². The van der Waals surface area contributed by atoms with Gasteiger partial charge in [-0.15, -0.1) is 11.6 Å². The first-order valence-corrected chi connectivity index (χ1v) is 7.15. The van der Waals surface area contributed by atoms with E-state index in [2.05, 4.69) is 6.92 Å². The molecule has 5 heteroatoms. The molecule has 0 unspecified atom stereocenters. The van der Waals surface area contributed by atoms with E-state index in [0.717, 1.165) is 25.9 Å². The van der Waals surface area contributed by atoms with Crippen LogP contribution in [0.25, 0.3) is 0 Å². The molecule has 0 heterocycles. The Kier molecular flexibility index (Phi) is 14.8. The highest BCUT2D eigenvalue weighted by Gasteiger charge is 1.98. The van der Waals surface area contributed by atoms with E-state index >= 15 is 0 Å². The fourth-order valence-electron chi connectivity index (χ4n) is 1.28. The second-order valence-electron chi connectivity index (χ2n) is 3.97. The molecular weight excluding hydrogens is 256 g/mol. The van der Waals surface area contributed by atoms with Crippen molar-refractivity contribution in [3.63, 3.8) is 0 Å². The molecule has 0 amide bonds. The second-order valence-corrected chi connectivity index (χ2v) is 4.23. The maximum absolute atomic E-state index is 10.9. The molecule has 0 saturated heterocycles. The molecular formula is C13H25ClO4. The summed E-state index contributed by atoms with van der Waals surface area (Å²) in [6, 6.07) is 0. The van der Waals surface area contributed by atoms with Crippen LogP contribution >= 0.6 is 11.6 Å². The van der Waals surface area contributed by atoms with Gasteiger partial charge in [-0.1, -0.05) is 6.92 Å². The molecule has 0 radical (unpaired) electrons. The molecule has 18 heavy (non-hydrogen) atoms. The summed E-state index contributed by atoms with van der Waals surface area (Å²) in [5.74, 6) is 0.224. The standard InChI is InChI=1S/C13H25ClO4/c1-2-6-16-8-10-18-11-9-17-7-4-3-5-13(15)12-14/h2-12H2,1H3. The minimum Gasteiger partial charge on any atom is -0.379 e. The summed E-state index contributed by atoms with van der Waals surface area (Å²) in [4.78, 5) is 10.9. The second kappa shape index (κ2) is 14.9. The van der Waals surface area contributed by atoms with Gasteiger partial charge in [-0.05, 0) is 19.3 Å². The molecule has 0 saturated carbocycles. The van der Waals surface area contributed by atoms with Crippen LogP contribution in [0.5, 0.6) is 0 Å². The molecule has 0 aliphatic rings. The number of hydrogen-bond acceptors (Lipinski definition) is 4. The lowest BCUT2D eigenvalue weighted by molar-refractivity contribution is -0.116. The third kappa shape index (κ3) is 13.9. The first-order valence-electron chi connectivity index (χ1n) is 6.62. The number of carbonyl (C=O) groups excluding carboxylic acids is 1. The third-order valence-corrected chi connectivity index (χ3v) is 2.53. The lowest BCUT2D eigenvalue weighted by Crippen LogP contribution is -2.10. The highest BCUT2D eigenvalue weighted by molar-refractivity contribution is 6.27. The molecule has 0 aromatic carbocycles. The normalized spacial score (nSPS) is 10.8. The van der Waals surface area contributed by atoms with E-state index in [1.54, 1.807) is 0 Å². The number of hydrogen-bond donors (Lipinski definition) is 0. The van der Waals surface area contributed by atoms with Crippen LogP contribution in [-0.4, -0.2) is 51.3 Å². The minimum atomic E-state index is 0.104. The monoisotopic (exact) mass is 280 g/mol. The first kappa shape index (κ1) is 17.8. The van der Waals surface area contributed by atoms with Gasteiger partial charge >= 0.3 is 0 Å². The van der Waals surface area contributed by atoms with Crippen LogP contribution < -0.4 is 0 Å². The fraction of sp³-hybridized carbons (Fsp3) is 0.923. The Hall–Kier alpha value is -0.160. The number of unbranched alkanes of at least 4 members (excludes halogenated alkanes) is 1. The van der Waals surface area contributed by atoms with E-state index in [4.69, 9.17) is 25.8 Å². The molecule has 0 rings (SSSR count). The number of alkyl halides is 1. The van der Waals surface area contributed by atoms with Gasteiger partial charge in [0.25, 0.3) is 0 Å². The predicted molar refractivity (Wildman–Crippen MR) is 72.3 cm³/mol. The number of halogens is 1. The Balaban J connectivity index is 2.97. The smallest absolute Gasteiger partial charge is 0.147 e. The average molecular weight is 281 g/mol. The van der Waals surface area contributed by atoms with E-state index in [0.29, 0.717) is 39.5 Å². The zero-order chi connectivity index (χ0) is 13.5. The topological polar surface area (TPSA) is 44.8 Å². The third-order valence-electron chi connectivity index (χ3n) is 2.24. The van der Waals surface area contributed by atoms with Gasteiger partial charge in [0.1, 0.15) is 5.78 Å².